The Morgan fingerprint density at radius 1 is 1.33 bits per heavy atom. The van der Waals surface area contributed by atoms with Crippen molar-refractivity contribution in [2.24, 2.45) is 5.73 Å². The van der Waals surface area contributed by atoms with Crippen LogP contribution in [0.2, 0.25) is 5.02 Å². The van der Waals surface area contributed by atoms with Crippen LogP contribution in [0.5, 0.6) is 0 Å². The van der Waals surface area contributed by atoms with E-state index in [1.807, 2.05) is 0 Å². The highest BCUT2D eigenvalue weighted by atomic mass is 35.5. The van der Waals surface area contributed by atoms with Gasteiger partial charge in [0.25, 0.3) is 5.92 Å². The maximum absolute atomic E-state index is 13.2. The summed E-state index contributed by atoms with van der Waals surface area (Å²) >= 11 is 5.38. The third kappa shape index (κ3) is 3.26. The van der Waals surface area contributed by atoms with Crippen molar-refractivity contribution in [2.75, 3.05) is 6.54 Å². The van der Waals surface area contributed by atoms with E-state index in [0.717, 1.165) is 6.07 Å². The molecule has 1 rings (SSSR count). The van der Waals surface area contributed by atoms with Gasteiger partial charge in [0, 0.05) is 6.42 Å². The van der Waals surface area contributed by atoms with Crippen LogP contribution in [0.4, 0.5) is 13.2 Å². The molecule has 0 atom stereocenters. The molecule has 86 valence electrons. The van der Waals surface area contributed by atoms with Crippen LogP contribution in [0, 0.1) is 5.82 Å². The fourth-order valence-electron chi connectivity index (χ4n) is 1.10. The van der Waals surface area contributed by atoms with Gasteiger partial charge in [0.15, 0.2) is 5.82 Å². The van der Waals surface area contributed by atoms with E-state index < -0.39 is 23.7 Å². The molecule has 1 aromatic carbocycles. The van der Waals surface area contributed by atoms with E-state index in [1.54, 1.807) is 0 Å². The number of rotatable bonds is 3. The third-order valence-corrected chi connectivity index (χ3v) is 2.10. The van der Waals surface area contributed by atoms with Crippen molar-refractivity contribution in [3.63, 3.8) is 0 Å². The summed E-state index contributed by atoms with van der Waals surface area (Å²) < 4.78 is 39.6. The third-order valence-electron chi connectivity index (χ3n) is 1.80. The molecule has 1 aromatic rings. The Morgan fingerprint density at radius 3 is 2.47 bits per heavy atom. The molecule has 0 heterocycles. The predicted octanol–water partition coefficient (Wildman–Crippen LogP) is 3.34. The lowest BCUT2D eigenvalue weighted by Gasteiger charge is -2.16. The molecule has 0 aromatic heterocycles. The number of hydrogen-bond donors (Lipinski definition) is 1. The van der Waals surface area contributed by atoms with Gasteiger partial charge >= 0.3 is 0 Å². The van der Waals surface area contributed by atoms with Gasteiger partial charge in [-0.3, -0.25) is 0 Å². The van der Waals surface area contributed by atoms with Gasteiger partial charge in [-0.15, -0.1) is 12.4 Å². The largest absolute Gasteiger partial charge is 0.330 e. The Kier molecular flexibility index (Phi) is 5.42. The van der Waals surface area contributed by atoms with E-state index in [2.05, 4.69) is 0 Å². The average Bonchev–Trinajstić information content (AvgIpc) is 2.09. The number of halogens is 5. The van der Waals surface area contributed by atoms with Gasteiger partial charge in [0.05, 0.1) is 10.6 Å². The van der Waals surface area contributed by atoms with E-state index in [0.29, 0.717) is 0 Å². The van der Waals surface area contributed by atoms with Crippen LogP contribution in [-0.4, -0.2) is 6.54 Å². The topological polar surface area (TPSA) is 26.0 Å². The first kappa shape index (κ1) is 14.6. The minimum atomic E-state index is -3.26. The molecule has 0 bridgehead atoms. The van der Waals surface area contributed by atoms with Crippen LogP contribution in [0.15, 0.2) is 18.2 Å². The monoisotopic (exact) mass is 259 g/mol. The number of benzene rings is 1. The van der Waals surface area contributed by atoms with Crippen molar-refractivity contribution in [2.45, 2.75) is 12.3 Å². The van der Waals surface area contributed by atoms with Crippen LogP contribution in [0.1, 0.15) is 12.0 Å². The second-order valence-electron chi connectivity index (χ2n) is 2.84. The number of alkyl halides is 2. The second-order valence-corrected chi connectivity index (χ2v) is 3.25. The van der Waals surface area contributed by atoms with E-state index >= 15 is 0 Å². The van der Waals surface area contributed by atoms with E-state index in [9.17, 15) is 13.2 Å². The van der Waals surface area contributed by atoms with Gasteiger partial charge < -0.3 is 5.73 Å². The van der Waals surface area contributed by atoms with Crippen LogP contribution < -0.4 is 5.73 Å². The molecule has 0 aliphatic rings. The SMILES string of the molecule is Cl.NCCC(F)(F)c1cccc(Cl)c1F. The van der Waals surface area contributed by atoms with E-state index in [-0.39, 0.29) is 24.0 Å². The molecular weight excluding hydrogens is 250 g/mol. The Hall–Kier alpha value is -0.450. The molecule has 1 nitrogen and oxygen atoms in total. The molecule has 15 heavy (non-hydrogen) atoms. The molecule has 0 aliphatic carbocycles. The fourth-order valence-corrected chi connectivity index (χ4v) is 1.28. The number of nitrogens with two attached hydrogens (primary N) is 1. The molecule has 0 unspecified atom stereocenters. The average molecular weight is 260 g/mol. The summed E-state index contributed by atoms with van der Waals surface area (Å²) in [5.41, 5.74) is 4.31. The number of hydrogen-bond acceptors (Lipinski definition) is 1. The zero-order valence-electron chi connectivity index (χ0n) is 7.64. The Morgan fingerprint density at radius 2 is 1.93 bits per heavy atom. The molecular formula is C9H10Cl2F3N. The molecule has 0 spiro atoms. The molecule has 6 heteroatoms. The highest BCUT2D eigenvalue weighted by molar-refractivity contribution is 6.30. The lowest BCUT2D eigenvalue weighted by molar-refractivity contribution is -0.0140. The lowest BCUT2D eigenvalue weighted by Crippen LogP contribution is -2.20. The molecule has 0 aliphatic heterocycles. The zero-order chi connectivity index (χ0) is 10.8. The van der Waals surface area contributed by atoms with Gasteiger partial charge in [0.1, 0.15) is 0 Å². The normalized spacial score (nSPS) is 11.0. The maximum Gasteiger partial charge on any atom is 0.277 e. The van der Waals surface area contributed by atoms with Crippen molar-refractivity contribution in [3.8, 4) is 0 Å². The molecule has 0 saturated heterocycles. The summed E-state index contributed by atoms with van der Waals surface area (Å²) in [6.07, 6.45) is -0.593. The highest BCUT2D eigenvalue weighted by Gasteiger charge is 2.34. The summed E-state index contributed by atoms with van der Waals surface area (Å²) in [5.74, 6) is -4.34. The fraction of sp³-hybridized carbons (Fsp3) is 0.333. The first-order valence-corrected chi connectivity index (χ1v) is 4.39. The predicted molar refractivity (Wildman–Crippen MR) is 56.2 cm³/mol. The van der Waals surface area contributed by atoms with Crippen molar-refractivity contribution in [3.05, 3.63) is 34.6 Å². The molecule has 0 fully saturated rings. The van der Waals surface area contributed by atoms with Gasteiger partial charge in [-0.05, 0) is 18.7 Å². The second kappa shape index (κ2) is 5.58. The van der Waals surface area contributed by atoms with Crippen molar-refractivity contribution >= 4 is 24.0 Å². The molecule has 0 amide bonds. The summed E-state index contributed by atoms with van der Waals surface area (Å²) in [4.78, 5) is 0. The van der Waals surface area contributed by atoms with Crippen LogP contribution in [0.25, 0.3) is 0 Å². The molecule has 0 saturated carbocycles. The highest BCUT2D eigenvalue weighted by Crippen LogP contribution is 2.34. The van der Waals surface area contributed by atoms with Gasteiger partial charge in [0.2, 0.25) is 0 Å². The van der Waals surface area contributed by atoms with Crippen LogP contribution in [-0.2, 0) is 5.92 Å². The standard InChI is InChI=1S/C9H9ClF3N.ClH/c10-7-3-1-2-6(8(7)11)9(12,13)4-5-14;/h1-3H,4-5,14H2;1H. The Balaban J connectivity index is 0.00000196. The summed E-state index contributed by atoms with van der Waals surface area (Å²) in [6, 6.07) is 3.51. The van der Waals surface area contributed by atoms with E-state index in [4.69, 9.17) is 17.3 Å². The Labute approximate surface area is 96.8 Å². The lowest BCUT2D eigenvalue weighted by atomic mass is 10.1. The molecule has 2 N–H and O–H groups in total. The maximum atomic E-state index is 13.2. The molecule has 0 radical (unpaired) electrons. The smallest absolute Gasteiger partial charge is 0.277 e. The van der Waals surface area contributed by atoms with Crippen LogP contribution >= 0.6 is 24.0 Å². The first-order valence-electron chi connectivity index (χ1n) is 4.01. The summed E-state index contributed by atoms with van der Waals surface area (Å²) in [5, 5.41) is -0.306. The van der Waals surface area contributed by atoms with Gasteiger partial charge in [-0.25, -0.2) is 13.2 Å². The summed E-state index contributed by atoms with van der Waals surface area (Å²) in [7, 11) is 0. The summed E-state index contributed by atoms with van der Waals surface area (Å²) in [6.45, 7) is -0.209. The van der Waals surface area contributed by atoms with Gasteiger partial charge in [-0.2, -0.15) is 0 Å². The zero-order valence-corrected chi connectivity index (χ0v) is 9.22. The van der Waals surface area contributed by atoms with Gasteiger partial charge in [-0.1, -0.05) is 17.7 Å². The van der Waals surface area contributed by atoms with Crippen molar-refractivity contribution < 1.29 is 13.2 Å². The van der Waals surface area contributed by atoms with Crippen LogP contribution in [0.3, 0.4) is 0 Å². The van der Waals surface area contributed by atoms with Crippen molar-refractivity contribution in [1.82, 2.24) is 0 Å². The quantitative estimate of drug-likeness (QED) is 0.886. The minimum Gasteiger partial charge on any atom is -0.330 e. The minimum absolute atomic E-state index is 0. The van der Waals surface area contributed by atoms with Crippen molar-refractivity contribution in [1.29, 1.82) is 0 Å². The van der Waals surface area contributed by atoms with E-state index in [1.165, 1.54) is 12.1 Å². The first-order chi connectivity index (χ1) is 6.49. The Bertz CT molecular complexity index is 331.